The van der Waals surface area contributed by atoms with Crippen molar-refractivity contribution in [2.45, 2.75) is 44.1 Å². The van der Waals surface area contributed by atoms with Crippen LogP contribution in [0, 0.1) is 5.92 Å². The Balaban J connectivity index is 0.00000261. The van der Waals surface area contributed by atoms with E-state index in [0.717, 1.165) is 45.2 Å². The first kappa shape index (κ1) is 23.2. The number of sulfone groups is 1. The van der Waals surface area contributed by atoms with Crippen molar-refractivity contribution < 1.29 is 13.2 Å². The third-order valence-corrected chi connectivity index (χ3v) is 8.00. The molecule has 1 atom stereocenters. The summed E-state index contributed by atoms with van der Waals surface area (Å²) in [5.74, 6) is 1.61. The van der Waals surface area contributed by atoms with Gasteiger partial charge in [-0.2, -0.15) is 0 Å². The average molecular weight is 514 g/mol. The Morgan fingerprint density at radius 2 is 1.89 bits per heavy atom. The van der Waals surface area contributed by atoms with Crippen LogP contribution in [0.25, 0.3) is 0 Å². The minimum Gasteiger partial charge on any atom is -0.379 e. The predicted octanol–water partition coefficient (Wildman–Crippen LogP) is 1.24. The molecule has 1 aliphatic carbocycles. The molecule has 0 aromatic heterocycles. The lowest BCUT2D eigenvalue weighted by Gasteiger charge is -2.48. The van der Waals surface area contributed by atoms with Crippen LogP contribution in [0.15, 0.2) is 4.99 Å². The van der Waals surface area contributed by atoms with Crippen molar-refractivity contribution in [3.63, 3.8) is 0 Å². The van der Waals surface area contributed by atoms with Crippen LogP contribution in [-0.4, -0.2) is 82.8 Å². The van der Waals surface area contributed by atoms with Gasteiger partial charge in [0.25, 0.3) is 0 Å². The second-order valence-corrected chi connectivity index (χ2v) is 10.2. The normalized spacial score (nSPS) is 28.3. The van der Waals surface area contributed by atoms with Crippen LogP contribution >= 0.6 is 24.0 Å². The number of hydrogen-bond donors (Lipinski definition) is 2. The highest BCUT2D eigenvalue weighted by atomic mass is 127. The molecule has 3 aliphatic rings. The standard InChI is InChI=1S/C18H34N4O3S.HI/c1-19-17(20-13-16-5-12-26(23,24)14-16)21-15-18(6-3-2-4-7-18)22-8-10-25-11-9-22;/h16H,2-15H2,1H3,(H2,19,20,21);1H. The van der Waals surface area contributed by atoms with Crippen LogP contribution < -0.4 is 10.6 Å². The second kappa shape index (κ2) is 10.6. The Bertz CT molecular complexity index is 587. The van der Waals surface area contributed by atoms with E-state index in [9.17, 15) is 8.42 Å². The van der Waals surface area contributed by atoms with Gasteiger partial charge in [0.2, 0.25) is 0 Å². The van der Waals surface area contributed by atoms with Crippen LogP contribution in [0.4, 0.5) is 0 Å². The van der Waals surface area contributed by atoms with Crippen molar-refractivity contribution in [1.29, 1.82) is 0 Å². The number of hydrogen-bond acceptors (Lipinski definition) is 5. The molecule has 3 rings (SSSR count). The van der Waals surface area contributed by atoms with Gasteiger partial charge in [0.15, 0.2) is 15.8 Å². The highest BCUT2D eigenvalue weighted by molar-refractivity contribution is 14.0. The summed E-state index contributed by atoms with van der Waals surface area (Å²) in [6, 6.07) is 0. The molecule has 3 fully saturated rings. The van der Waals surface area contributed by atoms with Gasteiger partial charge in [-0.05, 0) is 25.2 Å². The van der Waals surface area contributed by atoms with Crippen molar-refractivity contribution in [1.82, 2.24) is 15.5 Å². The van der Waals surface area contributed by atoms with Crippen molar-refractivity contribution in [2.24, 2.45) is 10.9 Å². The number of ether oxygens (including phenoxy) is 1. The van der Waals surface area contributed by atoms with Crippen LogP contribution in [0.5, 0.6) is 0 Å². The zero-order valence-electron chi connectivity index (χ0n) is 16.4. The van der Waals surface area contributed by atoms with Crippen LogP contribution in [-0.2, 0) is 14.6 Å². The fourth-order valence-corrected chi connectivity index (χ4v) is 6.46. The van der Waals surface area contributed by atoms with Gasteiger partial charge >= 0.3 is 0 Å². The van der Waals surface area contributed by atoms with E-state index in [1.165, 1.54) is 32.1 Å². The summed E-state index contributed by atoms with van der Waals surface area (Å²) in [6.45, 7) is 5.22. The largest absolute Gasteiger partial charge is 0.379 e. The maximum atomic E-state index is 11.6. The van der Waals surface area contributed by atoms with Gasteiger partial charge in [-0.1, -0.05) is 19.3 Å². The third kappa shape index (κ3) is 6.43. The van der Waals surface area contributed by atoms with Gasteiger partial charge in [0, 0.05) is 38.8 Å². The Labute approximate surface area is 181 Å². The van der Waals surface area contributed by atoms with Crippen molar-refractivity contribution >= 4 is 39.8 Å². The SMILES string of the molecule is CN=C(NCC1CCS(=O)(=O)C1)NCC1(N2CCOCC2)CCCCC1.I. The lowest BCUT2D eigenvalue weighted by molar-refractivity contribution is -0.0352. The maximum absolute atomic E-state index is 11.6. The van der Waals surface area contributed by atoms with Crippen molar-refractivity contribution in [3.8, 4) is 0 Å². The first-order chi connectivity index (χ1) is 12.5. The molecular weight excluding hydrogens is 479 g/mol. The van der Waals surface area contributed by atoms with E-state index >= 15 is 0 Å². The summed E-state index contributed by atoms with van der Waals surface area (Å²) in [6.07, 6.45) is 7.09. The van der Waals surface area contributed by atoms with E-state index < -0.39 is 9.84 Å². The zero-order chi connectivity index (χ0) is 18.5. The summed E-state index contributed by atoms with van der Waals surface area (Å²) in [5, 5.41) is 6.87. The summed E-state index contributed by atoms with van der Waals surface area (Å²) in [5.41, 5.74) is 0.191. The Morgan fingerprint density at radius 1 is 1.19 bits per heavy atom. The molecule has 2 saturated heterocycles. The van der Waals surface area contributed by atoms with Crippen molar-refractivity contribution in [2.75, 3.05) is 57.9 Å². The summed E-state index contributed by atoms with van der Waals surface area (Å²) in [4.78, 5) is 6.96. The van der Waals surface area contributed by atoms with Crippen LogP contribution in [0.1, 0.15) is 38.5 Å². The molecule has 0 radical (unpaired) electrons. The lowest BCUT2D eigenvalue weighted by atomic mass is 9.80. The molecule has 0 amide bonds. The molecule has 7 nitrogen and oxygen atoms in total. The minimum atomic E-state index is -2.82. The monoisotopic (exact) mass is 514 g/mol. The molecule has 158 valence electrons. The van der Waals surface area contributed by atoms with Gasteiger partial charge < -0.3 is 15.4 Å². The highest BCUT2D eigenvalue weighted by Gasteiger charge is 2.38. The number of nitrogens with zero attached hydrogens (tertiary/aromatic N) is 2. The highest BCUT2D eigenvalue weighted by Crippen LogP contribution is 2.33. The first-order valence-electron chi connectivity index (χ1n) is 10.0. The number of halogens is 1. The van der Waals surface area contributed by atoms with E-state index in [2.05, 4.69) is 20.5 Å². The molecule has 1 saturated carbocycles. The molecule has 0 bridgehead atoms. The van der Waals surface area contributed by atoms with Gasteiger partial charge in [-0.3, -0.25) is 9.89 Å². The number of guanidine groups is 1. The Hall–Kier alpha value is -0.130. The van der Waals surface area contributed by atoms with Crippen LogP contribution in [0.2, 0.25) is 0 Å². The summed E-state index contributed by atoms with van der Waals surface area (Å²) < 4.78 is 28.8. The number of rotatable bonds is 5. The second-order valence-electron chi connectivity index (χ2n) is 7.96. The first-order valence-corrected chi connectivity index (χ1v) is 11.8. The summed E-state index contributed by atoms with van der Waals surface area (Å²) in [7, 11) is -1.04. The number of nitrogens with one attached hydrogen (secondary N) is 2. The van der Waals surface area contributed by atoms with Gasteiger partial charge in [-0.25, -0.2) is 8.42 Å². The quantitative estimate of drug-likeness (QED) is 0.327. The fraction of sp³-hybridized carbons (Fsp3) is 0.944. The predicted molar refractivity (Wildman–Crippen MR) is 120 cm³/mol. The average Bonchev–Trinajstić information content (AvgIpc) is 3.02. The van der Waals surface area contributed by atoms with Crippen molar-refractivity contribution in [3.05, 3.63) is 0 Å². The van der Waals surface area contributed by atoms with E-state index in [1.807, 2.05) is 0 Å². The zero-order valence-corrected chi connectivity index (χ0v) is 19.6. The molecule has 2 N–H and O–H groups in total. The maximum Gasteiger partial charge on any atom is 0.191 e. The Kier molecular flexibility index (Phi) is 9.08. The Morgan fingerprint density at radius 3 is 2.48 bits per heavy atom. The molecule has 27 heavy (non-hydrogen) atoms. The topological polar surface area (TPSA) is 83.0 Å². The molecule has 2 heterocycles. The van der Waals surface area contributed by atoms with Crippen LogP contribution in [0.3, 0.4) is 0 Å². The number of aliphatic imine (C=N–C) groups is 1. The van der Waals surface area contributed by atoms with E-state index in [4.69, 9.17) is 4.74 Å². The van der Waals surface area contributed by atoms with E-state index in [-0.39, 0.29) is 35.4 Å². The van der Waals surface area contributed by atoms with E-state index in [1.54, 1.807) is 7.05 Å². The van der Waals surface area contributed by atoms with Gasteiger partial charge in [0.05, 0.1) is 24.7 Å². The molecule has 1 unspecified atom stereocenters. The summed E-state index contributed by atoms with van der Waals surface area (Å²) >= 11 is 0. The fourth-order valence-electron chi connectivity index (χ4n) is 4.60. The molecule has 2 aliphatic heterocycles. The molecule has 9 heteroatoms. The van der Waals surface area contributed by atoms with Gasteiger partial charge in [-0.15, -0.1) is 24.0 Å². The third-order valence-electron chi connectivity index (χ3n) is 6.16. The molecule has 0 spiro atoms. The number of morpholine rings is 1. The molecule has 0 aromatic rings. The van der Waals surface area contributed by atoms with E-state index in [0.29, 0.717) is 18.1 Å². The smallest absolute Gasteiger partial charge is 0.191 e. The van der Waals surface area contributed by atoms with Gasteiger partial charge in [0.1, 0.15) is 0 Å². The lowest BCUT2D eigenvalue weighted by Crippen LogP contribution is -2.60. The molecule has 0 aromatic carbocycles. The molecular formula is C18H35IN4O3S. The minimum absolute atomic E-state index is 0.